The van der Waals surface area contributed by atoms with Gasteiger partial charge in [0.25, 0.3) is 0 Å². The van der Waals surface area contributed by atoms with Crippen molar-refractivity contribution in [3.8, 4) is 0 Å². The standard InChI is InChI=1S/C23H48/c1-5-9-12-14-16-20-23(18-11-7-3)21-22(17-8-4)19-15-13-10-6-2/h22-23H,5-21H2,1-4H3. The van der Waals surface area contributed by atoms with Crippen LogP contribution in [-0.2, 0) is 0 Å². The summed E-state index contributed by atoms with van der Waals surface area (Å²) < 4.78 is 0. The Morgan fingerprint density at radius 2 is 0.826 bits per heavy atom. The SMILES string of the molecule is CCCCCCCC(CCCC)CC(CCC)CCCCCC. The van der Waals surface area contributed by atoms with Gasteiger partial charge in [-0.25, -0.2) is 0 Å². The van der Waals surface area contributed by atoms with Crippen LogP contribution in [0, 0.1) is 11.8 Å². The highest BCUT2D eigenvalue weighted by Gasteiger charge is 2.15. The third kappa shape index (κ3) is 15.3. The second-order valence-electron chi connectivity index (χ2n) is 7.95. The number of hydrogen-bond donors (Lipinski definition) is 0. The van der Waals surface area contributed by atoms with E-state index >= 15 is 0 Å². The molecule has 0 aromatic heterocycles. The molecule has 0 saturated carbocycles. The van der Waals surface area contributed by atoms with Gasteiger partial charge >= 0.3 is 0 Å². The highest BCUT2D eigenvalue weighted by molar-refractivity contribution is 4.68. The first kappa shape index (κ1) is 23.0. The molecule has 0 nitrogen and oxygen atoms in total. The Labute approximate surface area is 149 Å². The molecule has 0 N–H and O–H groups in total. The predicted molar refractivity (Wildman–Crippen MR) is 108 cm³/mol. The fourth-order valence-electron chi connectivity index (χ4n) is 4.03. The largest absolute Gasteiger partial charge is 0.0654 e. The molecule has 0 aromatic rings. The van der Waals surface area contributed by atoms with Gasteiger partial charge in [0.05, 0.1) is 0 Å². The van der Waals surface area contributed by atoms with Crippen molar-refractivity contribution in [2.75, 3.05) is 0 Å². The third-order valence-electron chi connectivity index (χ3n) is 5.51. The zero-order valence-electron chi connectivity index (χ0n) is 17.2. The van der Waals surface area contributed by atoms with Gasteiger partial charge in [-0.1, -0.05) is 130 Å². The summed E-state index contributed by atoms with van der Waals surface area (Å²) >= 11 is 0. The lowest BCUT2D eigenvalue weighted by molar-refractivity contribution is 0.288. The molecule has 0 aliphatic carbocycles. The molecule has 0 saturated heterocycles. The lowest BCUT2D eigenvalue weighted by Gasteiger charge is -2.24. The van der Waals surface area contributed by atoms with Crippen LogP contribution in [0.3, 0.4) is 0 Å². The topological polar surface area (TPSA) is 0 Å². The van der Waals surface area contributed by atoms with E-state index in [0.717, 1.165) is 11.8 Å². The summed E-state index contributed by atoms with van der Waals surface area (Å²) in [6.07, 6.45) is 24.7. The van der Waals surface area contributed by atoms with Gasteiger partial charge in [0.2, 0.25) is 0 Å². The minimum absolute atomic E-state index is 1.02. The molecule has 0 amide bonds. The molecule has 0 aliphatic rings. The Hall–Kier alpha value is 0. The Balaban J connectivity index is 4.13. The molecule has 2 atom stereocenters. The second kappa shape index (κ2) is 18.3. The molecular weight excluding hydrogens is 276 g/mol. The summed E-state index contributed by atoms with van der Waals surface area (Å²) in [7, 11) is 0. The Bertz CT molecular complexity index is 208. The van der Waals surface area contributed by atoms with Crippen LogP contribution in [0.5, 0.6) is 0 Å². The van der Waals surface area contributed by atoms with Crippen LogP contribution in [0.2, 0.25) is 0 Å². The first-order valence-corrected chi connectivity index (χ1v) is 11.3. The molecule has 0 radical (unpaired) electrons. The molecule has 0 aromatic carbocycles. The number of rotatable bonds is 18. The summed E-state index contributed by atoms with van der Waals surface area (Å²) in [6, 6.07) is 0. The minimum atomic E-state index is 1.02. The summed E-state index contributed by atoms with van der Waals surface area (Å²) in [5.74, 6) is 2.05. The van der Waals surface area contributed by atoms with Crippen LogP contribution in [0.4, 0.5) is 0 Å². The number of unbranched alkanes of at least 4 members (excludes halogenated alkanes) is 8. The van der Waals surface area contributed by atoms with Gasteiger partial charge in [-0.05, 0) is 18.3 Å². The first-order valence-electron chi connectivity index (χ1n) is 11.3. The maximum Gasteiger partial charge on any atom is -0.0412 e. The average Bonchev–Trinajstić information content (AvgIpc) is 2.56. The van der Waals surface area contributed by atoms with Crippen molar-refractivity contribution in [2.24, 2.45) is 11.8 Å². The molecule has 0 aliphatic heterocycles. The lowest BCUT2D eigenvalue weighted by Crippen LogP contribution is -2.10. The van der Waals surface area contributed by atoms with E-state index in [2.05, 4.69) is 27.7 Å². The zero-order chi connectivity index (χ0) is 17.2. The van der Waals surface area contributed by atoms with Gasteiger partial charge in [0.15, 0.2) is 0 Å². The predicted octanol–water partition coefficient (Wildman–Crippen LogP) is 8.93. The third-order valence-corrected chi connectivity index (χ3v) is 5.51. The second-order valence-corrected chi connectivity index (χ2v) is 7.95. The monoisotopic (exact) mass is 324 g/mol. The van der Waals surface area contributed by atoms with Crippen molar-refractivity contribution >= 4 is 0 Å². The van der Waals surface area contributed by atoms with E-state index in [0.29, 0.717) is 0 Å². The molecule has 23 heavy (non-hydrogen) atoms. The smallest absolute Gasteiger partial charge is 0.0412 e. The summed E-state index contributed by atoms with van der Waals surface area (Å²) in [6.45, 7) is 9.37. The van der Waals surface area contributed by atoms with Crippen molar-refractivity contribution in [3.63, 3.8) is 0 Å². The van der Waals surface area contributed by atoms with Crippen LogP contribution in [-0.4, -0.2) is 0 Å². The van der Waals surface area contributed by atoms with E-state index in [1.807, 2.05) is 0 Å². The van der Waals surface area contributed by atoms with Gasteiger partial charge in [0.1, 0.15) is 0 Å². The molecule has 0 heteroatoms. The van der Waals surface area contributed by atoms with Gasteiger partial charge in [-0.15, -0.1) is 0 Å². The highest BCUT2D eigenvalue weighted by Crippen LogP contribution is 2.30. The van der Waals surface area contributed by atoms with Crippen LogP contribution in [0.1, 0.15) is 137 Å². The molecule has 140 valence electrons. The molecule has 0 fully saturated rings. The van der Waals surface area contributed by atoms with E-state index in [1.54, 1.807) is 0 Å². The van der Waals surface area contributed by atoms with Gasteiger partial charge in [0, 0.05) is 0 Å². The summed E-state index contributed by atoms with van der Waals surface area (Å²) in [4.78, 5) is 0. The fraction of sp³-hybridized carbons (Fsp3) is 1.00. The molecule has 2 unspecified atom stereocenters. The first-order chi connectivity index (χ1) is 11.3. The molecule has 0 rings (SSSR count). The Morgan fingerprint density at radius 3 is 1.35 bits per heavy atom. The van der Waals surface area contributed by atoms with Crippen LogP contribution in [0.15, 0.2) is 0 Å². The normalized spacial score (nSPS) is 14.1. The quantitative estimate of drug-likeness (QED) is 0.221. The molecular formula is C23H48. The molecule has 0 heterocycles. The van der Waals surface area contributed by atoms with Crippen molar-refractivity contribution in [1.29, 1.82) is 0 Å². The van der Waals surface area contributed by atoms with E-state index in [4.69, 9.17) is 0 Å². The molecule has 0 bridgehead atoms. The van der Waals surface area contributed by atoms with Crippen LogP contribution >= 0.6 is 0 Å². The maximum atomic E-state index is 2.38. The highest BCUT2D eigenvalue weighted by atomic mass is 14.2. The summed E-state index contributed by atoms with van der Waals surface area (Å²) in [5.41, 5.74) is 0. The summed E-state index contributed by atoms with van der Waals surface area (Å²) in [5, 5.41) is 0. The van der Waals surface area contributed by atoms with E-state index in [-0.39, 0.29) is 0 Å². The van der Waals surface area contributed by atoms with Crippen LogP contribution in [0.25, 0.3) is 0 Å². The van der Waals surface area contributed by atoms with Crippen molar-refractivity contribution < 1.29 is 0 Å². The Kier molecular flexibility index (Phi) is 18.3. The van der Waals surface area contributed by atoms with E-state index in [1.165, 1.54) is 109 Å². The van der Waals surface area contributed by atoms with Gasteiger partial charge in [-0.3, -0.25) is 0 Å². The lowest BCUT2D eigenvalue weighted by atomic mass is 9.82. The van der Waals surface area contributed by atoms with Gasteiger partial charge in [-0.2, -0.15) is 0 Å². The molecule has 0 spiro atoms. The fourth-order valence-corrected chi connectivity index (χ4v) is 4.03. The van der Waals surface area contributed by atoms with E-state index < -0.39 is 0 Å². The van der Waals surface area contributed by atoms with Crippen molar-refractivity contribution in [1.82, 2.24) is 0 Å². The zero-order valence-corrected chi connectivity index (χ0v) is 17.2. The average molecular weight is 325 g/mol. The van der Waals surface area contributed by atoms with Gasteiger partial charge < -0.3 is 0 Å². The van der Waals surface area contributed by atoms with E-state index in [9.17, 15) is 0 Å². The minimum Gasteiger partial charge on any atom is -0.0654 e. The van der Waals surface area contributed by atoms with Crippen molar-refractivity contribution in [3.05, 3.63) is 0 Å². The Morgan fingerprint density at radius 1 is 0.391 bits per heavy atom. The van der Waals surface area contributed by atoms with Crippen LogP contribution < -0.4 is 0 Å². The maximum absolute atomic E-state index is 2.38. The number of hydrogen-bond acceptors (Lipinski definition) is 0. The van der Waals surface area contributed by atoms with Crippen molar-refractivity contribution in [2.45, 2.75) is 137 Å².